The van der Waals surface area contributed by atoms with Crippen molar-refractivity contribution in [2.75, 3.05) is 25.1 Å². The minimum Gasteiger partial charge on any atom is -0.373 e. The van der Waals surface area contributed by atoms with E-state index in [4.69, 9.17) is 4.74 Å². The molecule has 1 amide bonds. The predicted octanol–water partition coefficient (Wildman–Crippen LogP) is 6.01. The van der Waals surface area contributed by atoms with Crippen LogP contribution in [0.4, 0.5) is 5.69 Å². The molecule has 1 fully saturated rings. The molecule has 6 heteroatoms. The quantitative estimate of drug-likeness (QED) is 0.395. The van der Waals surface area contributed by atoms with Gasteiger partial charge in [0.1, 0.15) is 0 Å². The van der Waals surface area contributed by atoms with Crippen molar-refractivity contribution < 1.29 is 14.3 Å². The van der Waals surface area contributed by atoms with Crippen molar-refractivity contribution in [3.8, 4) is 11.1 Å². The summed E-state index contributed by atoms with van der Waals surface area (Å²) in [6, 6.07) is 21.3. The molecule has 0 aromatic heterocycles. The van der Waals surface area contributed by atoms with Crippen LogP contribution in [0.15, 0.2) is 103 Å². The van der Waals surface area contributed by atoms with E-state index >= 15 is 0 Å². The van der Waals surface area contributed by atoms with E-state index in [0.717, 1.165) is 34.5 Å². The Morgan fingerprint density at radius 3 is 2.62 bits per heavy atom. The number of carbonyl (C=O) groups is 2. The highest BCUT2D eigenvalue weighted by Crippen LogP contribution is 2.35. The highest BCUT2D eigenvalue weighted by molar-refractivity contribution is 6.09. The van der Waals surface area contributed by atoms with Gasteiger partial charge < -0.3 is 20.3 Å². The second kappa shape index (κ2) is 11.0. The Kier molecular flexibility index (Phi) is 7.10. The Morgan fingerprint density at radius 2 is 1.80 bits per heavy atom. The topological polar surface area (TPSA) is 70.7 Å². The minimum atomic E-state index is -0.210. The van der Waals surface area contributed by atoms with E-state index in [-0.39, 0.29) is 23.7 Å². The molecule has 1 saturated heterocycles. The lowest BCUT2D eigenvalue weighted by atomic mass is 9.79. The predicted molar refractivity (Wildman–Crippen MR) is 158 cm³/mol. The molecule has 3 aliphatic rings. The maximum atomic E-state index is 14.0. The van der Waals surface area contributed by atoms with Crippen LogP contribution in [-0.4, -0.2) is 42.4 Å². The van der Waals surface area contributed by atoms with Crippen molar-refractivity contribution >= 4 is 17.4 Å². The summed E-state index contributed by atoms with van der Waals surface area (Å²) in [5.74, 6) is -0.272. The lowest BCUT2D eigenvalue weighted by Gasteiger charge is -2.42. The molecule has 2 heterocycles. The van der Waals surface area contributed by atoms with Gasteiger partial charge in [-0.15, -0.1) is 0 Å². The standard InChI is InChI=1S/C34H33N3O3/c1-22-10-12-24(13-11-22)29-7-3-4-8-30(29)34(39)36-26-14-15-28(23(2)18-26)33(38)31-9-5-6-25-19-35-20-27-21-40-17-16-37(27)32(25)31/h3-8,10-15,18-20,31-32,35H,9,16-17,21H2,1-2H3,(H,36,39). The van der Waals surface area contributed by atoms with Crippen molar-refractivity contribution in [3.63, 3.8) is 0 Å². The average molecular weight is 532 g/mol. The lowest BCUT2D eigenvalue weighted by molar-refractivity contribution is 0.0455. The summed E-state index contributed by atoms with van der Waals surface area (Å²) in [5.41, 5.74) is 8.02. The summed E-state index contributed by atoms with van der Waals surface area (Å²) in [6.45, 7) is 5.92. The van der Waals surface area contributed by atoms with Gasteiger partial charge in [0.05, 0.1) is 30.9 Å². The zero-order chi connectivity index (χ0) is 27.6. The number of Topliss-reactive ketones (excluding diaryl/α,β-unsaturated/α-hetero) is 1. The summed E-state index contributed by atoms with van der Waals surface area (Å²) in [5, 5.41) is 6.31. The van der Waals surface area contributed by atoms with E-state index in [1.165, 1.54) is 5.56 Å². The molecule has 3 aromatic rings. The van der Waals surface area contributed by atoms with E-state index in [1.807, 2.05) is 93.0 Å². The monoisotopic (exact) mass is 531 g/mol. The molecule has 1 aliphatic carbocycles. The number of amides is 1. The molecule has 2 aliphatic heterocycles. The van der Waals surface area contributed by atoms with Crippen LogP contribution in [0.1, 0.15) is 38.3 Å². The van der Waals surface area contributed by atoms with Crippen molar-refractivity contribution in [3.05, 3.63) is 125 Å². The van der Waals surface area contributed by atoms with E-state index in [2.05, 4.69) is 27.7 Å². The summed E-state index contributed by atoms with van der Waals surface area (Å²) in [7, 11) is 0. The number of nitrogens with one attached hydrogen (secondary N) is 2. The molecule has 2 atom stereocenters. The normalized spacial score (nSPS) is 19.8. The van der Waals surface area contributed by atoms with E-state index in [9.17, 15) is 9.59 Å². The maximum Gasteiger partial charge on any atom is 0.256 e. The Balaban J connectivity index is 1.23. The highest BCUT2D eigenvalue weighted by Gasteiger charge is 2.39. The fourth-order valence-electron chi connectivity index (χ4n) is 5.92. The van der Waals surface area contributed by atoms with Crippen LogP contribution >= 0.6 is 0 Å². The number of fused-ring (bicyclic) bond motifs is 3. The number of anilines is 1. The number of hydrogen-bond acceptors (Lipinski definition) is 5. The van der Waals surface area contributed by atoms with E-state index in [1.54, 1.807) is 0 Å². The number of ether oxygens (including phenoxy) is 1. The second-order valence-corrected chi connectivity index (χ2v) is 10.6. The third-order valence-corrected chi connectivity index (χ3v) is 7.97. The number of allylic oxidation sites excluding steroid dienone is 1. The lowest BCUT2D eigenvalue weighted by Crippen LogP contribution is -2.48. The van der Waals surface area contributed by atoms with Crippen LogP contribution in [0.3, 0.4) is 0 Å². The number of aryl methyl sites for hydroxylation is 2. The van der Waals surface area contributed by atoms with Gasteiger partial charge in [0, 0.05) is 35.8 Å². The first-order chi connectivity index (χ1) is 19.5. The summed E-state index contributed by atoms with van der Waals surface area (Å²) < 4.78 is 5.68. The van der Waals surface area contributed by atoms with Gasteiger partial charge in [-0.25, -0.2) is 0 Å². The van der Waals surface area contributed by atoms with Crippen LogP contribution in [-0.2, 0) is 4.74 Å². The van der Waals surface area contributed by atoms with Crippen LogP contribution < -0.4 is 10.6 Å². The third-order valence-electron chi connectivity index (χ3n) is 7.97. The number of rotatable bonds is 5. The Morgan fingerprint density at radius 1 is 0.975 bits per heavy atom. The number of morpholine rings is 1. The third kappa shape index (κ3) is 4.98. The summed E-state index contributed by atoms with van der Waals surface area (Å²) in [6.07, 6.45) is 8.85. The first-order valence-electron chi connectivity index (χ1n) is 13.8. The molecule has 2 unspecified atom stereocenters. The minimum absolute atomic E-state index is 0.0419. The SMILES string of the molecule is Cc1ccc(-c2ccccc2C(=O)Nc2ccc(C(=O)C3CC=CC4=CNC=C5COCCN5C43)c(C)c2)cc1. The van der Waals surface area contributed by atoms with Crippen LogP contribution in [0.5, 0.6) is 0 Å². The largest absolute Gasteiger partial charge is 0.373 e. The first-order valence-corrected chi connectivity index (χ1v) is 13.8. The molecule has 2 N–H and O–H groups in total. The molecular formula is C34H33N3O3. The fraction of sp³-hybridized carbons (Fsp3) is 0.235. The molecule has 40 heavy (non-hydrogen) atoms. The molecule has 0 bridgehead atoms. The molecule has 202 valence electrons. The molecule has 0 saturated carbocycles. The van der Waals surface area contributed by atoms with Gasteiger partial charge in [-0.05, 0) is 66.8 Å². The molecule has 6 nitrogen and oxygen atoms in total. The fourth-order valence-corrected chi connectivity index (χ4v) is 5.92. The summed E-state index contributed by atoms with van der Waals surface area (Å²) in [4.78, 5) is 29.7. The zero-order valence-corrected chi connectivity index (χ0v) is 22.8. The highest BCUT2D eigenvalue weighted by atomic mass is 16.5. The number of benzene rings is 3. The maximum absolute atomic E-state index is 14.0. The molecule has 3 aromatic carbocycles. The van der Waals surface area contributed by atoms with Gasteiger partial charge >= 0.3 is 0 Å². The van der Waals surface area contributed by atoms with Gasteiger partial charge in [-0.1, -0.05) is 60.2 Å². The second-order valence-electron chi connectivity index (χ2n) is 10.6. The average Bonchev–Trinajstić information content (AvgIpc) is 3.17. The van der Waals surface area contributed by atoms with E-state index < -0.39 is 0 Å². The number of hydrogen-bond donors (Lipinski definition) is 2. The number of ketones is 1. The van der Waals surface area contributed by atoms with Crippen molar-refractivity contribution in [2.45, 2.75) is 26.3 Å². The van der Waals surface area contributed by atoms with Gasteiger partial charge in [0.25, 0.3) is 5.91 Å². The van der Waals surface area contributed by atoms with Crippen LogP contribution in [0, 0.1) is 19.8 Å². The van der Waals surface area contributed by atoms with Gasteiger partial charge in [-0.3, -0.25) is 9.59 Å². The molecule has 0 radical (unpaired) electrons. The van der Waals surface area contributed by atoms with Gasteiger partial charge in [-0.2, -0.15) is 0 Å². The Hall–Kier alpha value is -4.42. The molecule has 0 spiro atoms. The Labute approximate surface area is 235 Å². The Bertz CT molecular complexity index is 1550. The molecule has 6 rings (SSSR count). The zero-order valence-electron chi connectivity index (χ0n) is 22.8. The van der Waals surface area contributed by atoms with E-state index in [0.29, 0.717) is 36.4 Å². The molecular weight excluding hydrogens is 498 g/mol. The number of carbonyl (C=O) groups excluding carboxylic acids is 2. The van der Waals surface area contributed by atoms with Gasteiger partial charge in [0.2, 0.25) is 0 Å². The van der Waals surface area contributed by atoms with Crippen molar-refractivity contribution in [1.29, 1.82) is 0 Å². The van der Waals surface area contributed by atoms with Crippen LogP contribution in [0.2, 0.25) is 0 Å². The van der Waals surface area contributed by atoms with Crippen molar-refractivity contribution in [2.24, 2.45) is 5.92 Å². The first kappa shape index (κ1) is 25.8. The van der Waals surface area contributed by atoms with Gasteiger partial charge in [0.15, 0.2) is 5.78 Å². The van der Waals surface area contributed by atoms with Crippen molar-refractivity contribution in [1.82, 2.24) is 10.2 Å². The number of nitrogens with zero attached hydrogens (tertiary/aromatic N) is 1. The smallest absolute Gasteiger partial charge is 0.256 e. The van der Waals surface area contributed by atoms with Crippen LogP contribution in [0.25, 0.3) is 11.1 Å². The summed E-state index contributed by atoms with van der Waals surface area (Å²) >= 11 is 0.